The molecule has 0 bridgehead atoms. The van der Waals surface area contributed by atoms with Gasteiger partial charge in [-0.1, -0.05) is 6.07 Å². The number of esters is 2. The predicted octanol–water partition coefficient (Wildman–Crippen LogP) is 3.06. The molecule has 0 spiro atoms. The summed E-state index contributed by atoms with van der Waals surface area (Å²) in [5.74, 6) is -1.67. The lowest BCUT2D eigenvalue weighted by Crippen LogP contribution is -2.27. The Bertz CT molecular complexity index is 960. The van der Waals surface area contributed by atoms with Gasteiger partial charge in [-0.05, 0) is 45.4 Å². The third-order valence-corrected chi connectivity index (χ3v) is 4.53. The van der Waals surface area contributed by atoms with Crippen LogP contribution in [0, 0.1) is 11.3 Å². The van der Waals surface area contributed by atoms with Crippen LogP contribution in [0.15, 0.2) is 41.0 Å². The Morgan fingerprint density at radius 1 is 1.03 bits per heavy atom. The molecule has 2 rings (SSSR count). The number of hydrogen-bond acceptors (Lipinski definition) is 9. The summed E-state index contributed by atoms with van der Waals surface area (Å²) in [6.07, 6.45) is -0.219. The van der Waals surface area contributed by atoms with Crippen LogP contribution in [-0.4, -0.2) is 38.4 Å². The fourth-order valence-electron chi connectivity index (χ4n) is 3.31. The summed E-state index contributed by atoms with van der Waals surface area (Å²) in [5.41, 5.74) is 6.96. The van der Waals surface area contributed by atoms with Crippen LogP contribution >= 0.6 is 0 Å². The minimum Gasteiger partial charge on any atom is -0.490 e. The van der Waals surface area contributed by atoms with Gasteiger partial charge in [0.1, 0.15) is 0 Å². The van der Waals surface area contributed by atoms with Crippen LogP contribution in [0.4, 0.5) is 0 Å². The highest BCUT2D eigenvalue weighted by Gasteiger charge is 2.37. The van der Waals surface area contributed by atoms with Crippen LogP contribution in [0.25, 0.3) is 0 Å². The maximum atomic E-state index is 12.5. The van der Waals surface area contributed by atoms with Gasteiger partial charge in [0.15, 0.2) is 17.4 Å². The van der Waals surface area contributed by atoms with E-state index in [0.29, 0.717) is 35.8 Å². The third kappa shape index (κ3) is 5.52. The average molecular weight is 444 g/mol. The van der Waals surface area contributed by atoms with Crippen LogP contribution in [0.3, 0.4) is 0 Å². The van der Waals surface area contributed by atoms with E-state index in [0.717, 1.165) is 0 Å². The topological polar surface area (TPSA) is 130 Å². The molecule has 0 fully saturated rings. The molecular weight excluding hydrogens is 416 g/mol. The smallest absolute Gasteiger partial charge is 0.375 e. The van der Waals surface area contributed by atoms with Crippen molar-refractivity contribution in [2.45, 2.75) is 40.0 Å². The molecule has 1 unspecified atom stereocenters. The minimum absolute atomic E-state index is 0.0245. The summed E-state index contributed by atoms with van der Waals surface area (Å²) in [4.78, 5) is 24.7. The molecule has 1 aromatic carbocycles. The predicted molar refractivity (Wildman–Crippen MR) is 114 cm³/mol. The molecule has 0 aromatic heterocycles. The van der Waals surface area contributed by atoms with Crippen molar-refractivity contribution in [2.24, 2.45) is 5.73 Å². The van der Waals surface area contributed by atoms with Crippen LogP contribution in [0.1, 0.15) is 45.6 Å². The van der Waals surface area contributed by atoms with E-state index in [1.807, 2.05) is 19.9 Å². The number of nitriles is 1. The van der Waals surface area contributed by atoms with Crippen LogP contribution < -0.4 is 15.2 Å². The number of nitrogens with two attached hydrogens (primary N) is 1. The molecule has 0 saturated carbocycles. The second-order valence-electron chi connectivity index (χ2n) is 6.55. The van der Waals surface area contributed by atoms with Crippen molar-refractivity contribution in [1.82, 2.24) is 0 Å². The molecule has 1 aliphatic rings. The Balaban J connectivity index is 2.67. The average Bonchev–Trinajstić information content (AvgIpc) is 2.76. The van der Waals surface area contributed by atoms with Gasteiger partial charge in [-0.3, -0.25) is 4.79 Å². The number of hydrogen-bond donors (Lipinski definition) is 1. The fraction of sp³-hybridized carbons (Fsp3) is 0.435. The zero-order valence-corrected chi connectivity index (χ0v) is 18.7. The molecule has 0 aliphatic carbocycles. The van der Waals surface area contributed by atoms with Crippen LogP contribution in [0.2, 0.25) is 0 Å². The number of carbonyl (C=O) groups excluding carboxylic acids is 2. The first-order valence-electron chi connectivity index (χ1n) is 10.4. The lowest BCUT2D eigenvalue weighted by atomic mass is 9.81. The van der Waals surface area contributed by atoms with Gasteiger partial charge >= 0.3 is 11.9 Å². The van der Waals surface area contributed by atoms with Gasteiger partial charge < -0.3 is 29.4 Å². The number of carbonyl (C=O) groups is 2. The normalized spacial score (nSPS) is 15.5. The minimum atomic E-state index is -0.840. The molecule has 9 nitrogen and oxygen atoms in total. The van der Waals surface area contributed by atoms with Crippen molar-refractivity contribution in [3.8, 4) is 17.6 Å². The quantitative estimate of drug-likeness (QED) is 0.541. The molecule has 172 valence electrons. The zero-order valence-electron chi connectivity index (χ0n) is 18.7. The molecule has 1 atom stereocenters. The molecule has 32 heavy (non-hydrogen) atoms. The first kappa shape index (κ1) is 24.6. The van der Waals surface area contributed by atoms with Gasteiger partial charge in [0, 0.05) is 5.57 Å². The second-order valence-corrected chi connectivity index (χ2v) is 6.55. The van der Waals surface area contributed by atoms with Crippen LogP contribution in [-0.2, 0) is 23.8 Å². The van der Waals surface area contributed by atoms with Crippen molar-refractivity contribution >= 4 is 11.9 Å². The Morgan fingerprint density at radius 3 is 2.28 bits per heavy atom. The molecule has 1 aromatic rings. The first-order valence-corrected chi connectivity index (χ1v) is 10.4. The van der Waals surface area contributed by atoms with E-state index in [9.17, 15) is 14.9 Å². The maximum absolute atomic E-state index is 12.5. The Labute approximate surface area is 187 Å². The fourth-order valence-corrected chi connectivity index (χ4v) is 3.31. The highest BCUT2D eigenvalue weighted by molar-refractivity contribution is 5.89. The van der Waals surface area contributed by atoms with Crippen molar-refractivity contribution in [3.05, 3.63) is 46.6 Å². The van der Waals surface area contributed by atoms with E-state index >= 15 is 0 Å². The summed E-state index contributed by atoms with van der Waals surface area (Å²) in [6.45, 7) is 8.11. The molecule has 0 amide bonds. The van der Waals surface area contributed by atoms with E-state index < -0.39 is 17.9 Å². The van der Waals surface area contributed by atoms with Gasteiger partial charge in [0.25, 0.3) is 0 Å². The summed E-state index contributed by atoms with van der Waals surface area (Å²) >= 11 is 0. The maximum Gasteiger partial charge on any atom is 0.375 e. The third-order valence-electron chi connectivity index (χ3n) is 4.53. The number of benzene rings is 1. The summed E-state index contributed by atoms with van der Waals surface area (Å²) in [6, 6.07) is 7.16. The molecule has 2 N–H and O–H groups in total. The monoisotopic (exact) mass is 444 g/mol. The van der Waals surface area contributed by atoms with E-state index in [2.05, 4.69) is 0 Å². The summed E-state index contributed by atoms with van der Waals surface area (Å²) < 4.78 is 26.9. The molecule has 1 heterocycles. The lowest BCUT2D eigenvalue weighted by molar-refractivity contribution is -0.142. The van der Waals surface area contributed by atoms with E-state index in [4.69, 9.17) is 29.4 Å². The van der Waals surface area contributed by atoms with Crippen molar-refractivity contribution in [2.75, 3.05) is 26.4 Å². The number of rotatable bonds is 10. The van der Waals surface area contributed by atoms with Gasteiger partial charge in [0.2, 0.25) is 5.76 Å². The van der Waals surface area contributed by atoms with E-state index in [-0.39, 0.29) is 36.8 Å². The number of ether oxygens (including phenoxy) is 5. The second kappa shape index (κ2) is 11.6. The Morgan fingerprint density at radius 2 is 1.69 bits per heavy atom. The molecule has 0 saturated heterocycles. The molecule has 0 radical (unpaired) electrons. The first-order chi connectivity index (χ1) is 15.4. The zero-order chi connectivity index (χ0) is 23.7. The van der Waals surface area contributed by atoms with Crippen LogP contribution in [0.5, 0.6) is 11.5 Å². The van der Waals surface area contributed by atoms with Crippen molar-refractivity contribution in [1.29, 1.82) is 5.26 Å². The Hall–Kier alpha value is -3.67. The highest BCUT2D eigenvalue weighted by atomic mass is 16.6. The van der Waals surface area contributed by atoms with E-state index in [1.165, 1.54) is 0 Å². The Kier molecular flexibility index (Phi) is 8.95. The number of nitrogens with zero attached hydrogens (tertiary/aromatic N) is 1. The van der Waals surface area contributed by atoms with Gasteiger partial charge in [0.05, 0.1) is 50.4 Å². The van der Waals surface area contributed by atoms with Gasteiger partial charge in [-0.15, -0.1) is 0 Å². The summed E-state index contributed by atoms with van der Waals surface area (Å²) in [7, 11) is 0. The lowest BCUT2D eigenvalue weighted by Gasteiger charge is -2.28. The molecule has 9 heteroatoms. The summed E-state index contributed by atoms with van der Waals surface area (Å²) in [5, 5.41) is 9.93. The number of allylic oxidation sites excluding steroid dienone is 1. The van der Waals surface area contributed by atoms with Crippen molar-refractivity contribution in [3.63, 3.8) is 0 Å². The highest BCUT2D eigenvalue weighted by Crippen LogP contribution is 2.43. The SMILES string of the molecule is CCOC(=O)CC1=C(N)OC(C(=O)OCC)=C(C#N)C1c1ccc(OCC)c(OCC)c1. The van der Waals surface area contributed by atoms with Gasteiger partial charge in [-0.25, -0.2) is 4.79 Å². The van der Waals surface area contributed by atoms with Gasteiger partial charge in [-0.2, -0.15) is 5.26 Å². The van der Waals surface area contributed by atoms with E-state index in [1.54, 1.807) is 32.0 Å². The molecule has 1 aliphatic heterocycles. The standard InChI is InChI=1S/C23H28N2O7/c1-5-28-17-10-9-14(11-18(17)29-6-2)20-15(12-19(26)30-7-3)22(25)32-21(16(20)13-24)23(27)31-8-4/h9-11,20H,5-8,12,25H2,1-4H3. The largest absolute Gasteiger partial charge is 0.490 e. The molecular formula is C23H28N2O7. The van der Waals surface area contributed by atoms with Crippen molar-refractivity contribution < 1.29 is 33.3 Å².